The number of aromatic nitrogens is 1. The minimum Gasteiger partial charge on any atom is -0.298 e. The Morgan fingerprint density at radius 1 is 1.50 bits per heavy atom. The van der Waals surface area contributed by atoms with Crippen molar-refractivity contribution in [1.82, 2.24) is 4.98 Å². The van der Waals surface area contributed by atoms with E-state index in [0.717, 1.165) is 10.0 Å². The molecular formula is C11H9BrN2OS. The molecule has 0 saturated carbocycles. The molecule has 0 unspecified atom stereocenters. The summed E-state index contributed by atoms with van der Waals surface area (Å²) in [5.41, 5.74) is 1.65. The van der Waals surface area contributed by atoms with Gasteiger partial charge in [0.15, 0.2) is 5.13 Å². The Morgan fingerprint density at radius 2 is 2.31 bits per heavy atom. The van der Waals surface area contributed by atoms with Crippen molar-refractivity contribution in [2.24, 2.45) is 0 Å². The molecule has 16 heavy (non-hydrogen) atoms. The maximum atomic E-state index is 11.9. The molecule has 1 N–H and O–H groups in total. The number of thiazole rings is 1. The Bertz CT molecular complexity index is 511. The zero-order valence-corrected chi connectivity index (χ0v) is 10.9. The third-order valence-electron chi connectivity index (χ3n) is 2.09. The van der Waals surface area contributed by atoms with Crippen LogP contribution in [0.1, 0.15) is 15.9 Å². The highest BCUT2D eigenvalue weighted by Crippen LogP contribution is 2.22. The minimum absolute atomic E-state index is 0.148. The van der Waals surface area contributed by atoms with Crippen LogP contribution in [0.3, 0.4) is 0 Å². The van der Waals surface area contributed by atoms with E-state index in [9.17, 15) is 4.79 Å². The summed E-state index contributed by atoms with van der Waals surface area (Å²) >= 11 is 4.80. The van der Waals surface area contributed by atoms with Crippen LogP contribution in [0.2, 0.25) is 0 Å². The lowest BCUT2D eigenvalue weighted by Gasteiger charge is -2.06. The van der Waals surface area contributed by atoms with E-state index in [1.165, 1.54) is 11.3 Å². The molecule has 1 heterocycles. The monoisotopic (exact) mass is 296 g/mol. The number of hydrogen-bond acceptors (Lipinski definition) is 3. The van der Waals surface area contributed by atoms with Gasteiger partial charge in [-0.05, 0) is 34.5 Å². The van der Waals surface area contributed by atoms with Gasteiger partial charge in [-0.1, -0.05) is 12.1 Å². The molecule has 2 aromatic rings. The molecule has 0 radical (unpaired) electrons. The van der Waals surface area contributed by atoms with Gasteiger partial charge in [0.2, 0.25) is 0 Å². The van der Waals surface area contributed by atoms with Gasteiger partial charge in [0.1, 0.15) is 0 Å². The number of nitrogens with zero attached hydrogens (tertiary/aromatic N) is 1. The van der Waals surface area contributed by atoms with E-state index in [-0.39, 0.29) is 5.91 Å². The Morgan fingerprint density at radius 3 is 3.00 bits per heavy atom. The summed E-state index contributed by atoms with van der Waals surface area (Å²) in [6, 6.07) is 5.58. The summed E-state index contributed by atoms with van der Waals surface area (Å²) in [6.45, 7) is 1.95. The molecule has 3 nitrogen and oxygen atoms in total. The predicted molar refractivity (Wildman–Crippen MR) is 68.9 cm³/mol. The Labute approximate surface area is 106 Å². The first-order chi connectivity index (χ1) is 7.68. The van der Waals surface area contributed by atoms with Crippen LogP contribution in [-0.4, -0.2) is 10.9 Å². The number of aryl methyl sites for hydroxylation is 1. The third-order valence-corrected chi connectivity index (χ3v) is 3.83. The number of benzene rings is 1. The van der Waals surface area contributed by atoms with E-state index in [1.54, 1.807) is 12.3 Å². The number of nitrogens with one attached hydrogen (secondary N) is 1. The number of carbonyl (C=O) groups is 1. The van der Waals surface area contributed by atoms with Crippen LogP contribution >= 0.6 is 27.3 Å². The molecule has 82 valence electrons. The second-order valence-corrected chi connectivity index (χ2v) is 4.92. The highest BCUT2D eigenvalue weighted by Gasteiger charge is 2.12. The minimum atomic E-state index is -0.148. The molecule has 0 aliphatic carbocycles. The standard InChI is InChI=1S/C11H9BrN2OS/c1-7-3-2-4-8(9(7)12)10(15)14-11-13-5-6-16-11/h2-6H,1H3,(H,13,14,15). The molecule has 0 bridgehead atoms. The summed E-state index contributed by atoms with van der Waals surface area (Å²) in [6.07, 6.45) is 1.66. The maximum absolute atomic E-state index is 11.9. The van der Waals surface area contributed by atoms with Crippen LogP contribution in [0.4, 0.5) is 5.13 Å². The zero-order chi connectivity index (χ0) is 11.5. The quantitative estimate of drug-likeness (QED) is 0.922. The molecule has 5 heteroatoms. The molecule has 1 amide bonds. The van der Waals surface area contributed by atoms with Gasteiger partial charge in [-0.15, -0.1) is 11.3 Å². The van der Waals surface area contributed by atoms with Crippen LogP contribution in [0.15, 0.2) is 34.2 Å². The van der Waals surface area contributed by atoms with E-state index in [2.05, 4.69) is 26.2 Å². The van der Waals surface area contributed by atoms with Crippen LogP contribution in [0, 0.1) is 6.92 Å². The first-order valence-electron chi connectivity index (χ1n) is 4.64. The predicted octanol–water partition coefficient (Wildman–Crippen LogP) is 3.47. The van der Waals surface area contributed by atoms with Gasteiger partial charge < -0.3 is 0 Å². The third kappa shape index (κ3) is 2.31. The normalized spacial score (nSPS) is 10.1. The average Bonchev–Trinajstić information content (AvgIpc) is 2.74. The Balaban J connectivity index is 2.24. The first kappa shape index (κ1) is 11.3. The fourth-order valence-electron chi connectivity index (χ4n) is 1.27. The fourth-order valence-corrected chi connectivity index (χ4v) is 2.24. The van der Waals surface area contributed by atoms with E-state index in [0.29, 0.717) is 10.7 Å². The van der Waals surface area contributed by atoms with E-state index in [1.807, 2.05) is 24.4 Å². The number of amides is 1. The molecule has 0 spiro atoms. The van der Waals surface area contributed by atoms with E-state index in [4.69, 9.17) is 0 Å². The Kier molecular flexibility index (Phi) is 3.36. The SMILES string of the molecule is Cc1cccc(C(=O)Nc2nccs2)c1Br. The van der Waals surface area contributed by atoms with Gasteiger partial charge in [0.05, 0.1) is 5.56 Å². The van der Waals surface area contributed by atoms with E-state index < -0.39 is 0 Å². The molecule has 1 aromatic heterocycles. The van der Waals surface area contributed by atoms with Crippen LogP contribution in [0.25, 0.3) is 0 Å². The molecule has 0 atom stereocenters. The molecule has 0 saturated heterocycles. The van der Waals surface area contributed by atoms with Crippen molar-refractivity contribution < 1.29 is 4.79 Å². The van der Waals surface area contributed by atoms with Gasteiger partial charge in [-0.2, -0.15) is 0 Å². The summed E-state index contributed by atoms with van der Waals surface area (Å²) in [5.74, 6) is -0.148. The molecule has 0 aliphatic rings. The summed E-state index contributed by atoms with van der Waals surface area (Å²) in [5, 5.41) is 5.17. The van der Waals surface area contributed by atoms with Crippen molar-refractivity contribution in [3.63, 3.8) is 0 Å². The highest BCUT2D eigenvalue weighted by molar-refractivity contribution is 9.10. The second-order valence-electron chi connectivity index (χ2n) is 3.23. The van der Waals surface area contributed by atoms with Gasteiger partial charge in [-0.25, -0.2) is 4.98 Å². The van der Waals surface area contributed by atoms with Crippen molar-refractivity contribution in [2.45, 2.75) is 6.92 Å². The molecule has 1 aromatic carbocycles. The van der Waals surface area contributed by atoms with Crippen LogP contribution < -0.4 is 5.32 Å². The summed E-state index contributed by atoms with van der Waals surface area (Å²) < 4.78 is 0.823. The largest absolute Gasteiger partial charge is 0.298 e. The number of hydrogen-bond donors (Lipinski definition) is 1. The average molecular weight is 297 g/mol. The van der Waals surface area contributed by atoms with Crippen LogP contribution in [-0.2, 0) is 0 Å². The topological polar surface area (TPSA) is 42.0 Å². The lowest BCUT2D eigenvalue weighted by atomic mass is 10.1. The fraction of sp³-hybridized carbons (Fsp3) is 0.0909. The zero-order valence-electron chi connectivity index (χ0n) is 8.53. The smallest absolute Gasteiger partial charge is 0.258 e. The summed E-state index contributed by atoms with van der Waals surface area (Å²) in [7, 11) is 0. The Hall–Kier alpha value is -1.20. The van der Waals surface area contributed by atoms with Crippen molar-refractivity contribution >= 4 is 38.3 Å². The molecule has 0 aliphatic heterocycles. The van der Waals surface area contributed by atoms with Crippen molar-refractivity contribution in [3.8, 4) is 0 Å². The van der Waals surface area contributed by atoms with Gasteiger partial charge in [-0.3, -0.25) is 10.1 Å². The first-order valence-corrected chi connectivity index (χ1v) is 6.31. The second kappa shape index (κ2) is 4.76. The van der Waals surface area contributed by atoms with Gasteiger partial charge >= 0.3 is 0 Å². The lowest BCUT2D eigenvalue weighted by Crippen LogP contribution is -2.12. The highest BCUT2D eigenvalue weighted by atomic mass is 79.9. The van der Waals surface area contributed by atoms with Crippen molar-refractivity contribution in [2.75, 3.05) is 5.32 Å². The number of halogens is 1. The van der Waals surface area contributed by atoms with E-state index >= 15 is 0 Å². The summed E-state index contributed by atoms with van der Waals surface area (Å²) in [4.78, 5) is 15.9. The van der Waals surface area contributed by atoms with Crippen molar-refractivity contribution in [1.29, 1.82) is 0 Å². The van der Waals surface area contributed by atoms with Crippen LogP contribution in [0.5, 0.6) is 0 Å². The molecule has 2 rings (SSSR count). The maximum Gasteiger partial charge on any atom is 0.258 e. The van der Waals surface area contributed by atoms with Gasteiger partial charge in [0, 0.05) is 16.0 Å². The molecular weight excluding hydrogens is 288 g/mol. The lowest BCUT2D eigenvalue weighted by molar-refractivity contribution is 0.102. The van der Waals surface area contributed by atoms with Crippen molar-refractivity contribution in [3.05, 3.63) is 45.4 Å². The van der Waals surface area contributed by atoms with Gasteiger partial charge in [0.25, 0.3) is 5.91 Å². The number of rotatable bonds is 2. The number of anilines is 1. The number of carbonyl (C=O) groups excluding carboxylic acids is 1. The molecule has 0 fully saturated rings.